The van der Waals surface area contributed by atoms with Gasteiger partial charge < -0.3 is 4.90 Å². The summed E-state index contributed by atoms with van der Waals surface area (Å²) < 4.78 is 27.4. The van der Waals surface area contributed by atoms with Crippen LogP contribution in [-0.4, -0.2) is 48.9 Å². The molecule has 0 aromatic heterocycles. The number of hydrogen-bond acceptors (Lipinski definition) is 4. The number of nitrogens with zero attached hydrogens (tertiary/aromatic N) is 3. The Hall–Kier alpha value is -2.51. The Morgan fingerprint density at radius 1 is 0.929 bits per heavy atom. The molecule has 0 unspecified atom stereocenters. The van der Waals surface area contributed by atoms with E-state index in [-0.39, 0.29) is 34.8 Å². The van der Waals surface area contributed by atoms with E-state index in [2.05, 4.69) is 0 Å². The summed E-state index contributed by atoms with van der Waals surface area (Å²) in [6, 6.07) is 9.81. The summed E-state index contributed by atoms with van der Waals surface area (Å²) in [5.74, 6) is -1.56. The van der Waals surface area contributed by atoms with Gasteiger partial charge in [0.05, 0.1) is 28.9 Å². The third kappa shape index (κ3) is 3.36. The predicted octanol–water partition coefficient (Wildman–Crippen LogP) is 3.07. The van der Waals surface area contributed by atoms with Crippen molar-refractivity contribution in [3.8, 4) is 0 Å². The van der Waals surface area contributed by atoms with E-state index in [4.69, 9.17) is 11.6 Å². The molecule has 0 radical (unpaired) electrons. The molecule has 2 fully saturated rings. The number of hydrogen-bond donors (Lipinski definition) is 0. The molecule has 1 atom stereocenters. The molecule has 4 rings (SSSR count). The van der Waals surface area contributed by atoms with Crippen LogP contribution in [0.2, 0.25) is 5.02 Å². The van der Waals surface area contributed by atoms with Crippen molar-refractivity contribution in [3.05, 3.63) is 59.1 Å². The van der Waals surface area contributed by atoms with Crippen LogP contribution in [0, 0.1) is 11.6 Å². The molecule has 0 aliphatic carbocycles. The average Bonchev–Trinajstić information content (AvgIpc) is 2.99. The number of halogens is 3. The fourth-order valence-electron chi connectivity index (χ4n) is 3.78. The molecule has 2 aromatic rings. The van der Waals surface area contributed by atoms with E-state index in [1.165, 1.54) is 18.2 Å². The smallest absolute Gasteiger partial charge is 0.251 e. The van der Waals surface area contributed by atoms with E-state index < -0.39 is 11.9 Å². The van der Waals surface area contributed by atoms with E-state index in [0.29, 0.717) is 31.9 Å². The molecule has 146 valence electrons. The third-order valence-corrected chi connectivity index (χ3v) is 5.52. The first-order valence-corrected chi connectivity index (χ1v) is 9.39. The zero-order valence-electron chi connectivity index (χ0n) is 14.9. The van der Waals surface area contributed by atoms with Crippen LogP contribution >= 0.6 is 11.6 Å². The van der Waals surface area contributed by atoms with Crippen molar-refractivity contribution < 1.29 is 18.4 Å². The number of imide groups is 1. The molecule has 2 saturated heterocycles. The van der Waals surface area contributed by atoms with Crippen molar-refractivity contribution in [2.45, 2.75) is 12.5 Å². The Balaban J connectivity index is 1.46. The molecule has 28 heavy (non-hydrogen) atoms. The Morgan fingerprint density at radius 3 is 2.32 bits per heavy atom. The summed E-state index contributed by atoms with van der Waals surface area (Å²) in [4.78, 5) is 30.3. The normalized spacial score (nSPS) is 20.9. The van der Waals surface area contributed by atoms with Gasteiger partial charge in [-0.1, -0.05) is 23.7 Å². The molecule has 2 aromatic carbocycles. The zero-order chi connectivity index (χ0) is 19.8. The highest BCUT2D eigenvalue weighted by molar-refractivity contribution is 6.31. The lowest BCUT2D eigenvalue weighted by atomic mass is 10.1. The first-order chi connectivity index (χ1) is 13.5. The second kappa shape index (κ2) is 7.48. The van der Waals surface area contributed by atoms with Gasteiger partial charge in [-0.15, -0.1) is 0 Å². The minimum Gasteiger partial charge on any atom is -0.367 e. The van der Waals surface area contributed by atoms with Crippen molar-refractivity contribution in [2.75, 3.05) is 36.0 Å². The first-order valence-electron chi connectivity index (χ1n) is 9.01. The Labute approximate surface area is 166 Å². The van der Waals surface area contributed by atoms with Crippen LogP contribution in [-0.2, 0) is 9.59 Å². The van der Waals surface area contributed by atoms with Crippen molar-refractivity contribution in [2.24, 2.45) is 0 Å². The molecule has 2 aliphatic heterocycles. The number of carbonyl (C=O) groups excluding carboxylic acids is 2. The molecule has 2 heterocycles. The number of piperazine rings is 1. The van der Waals surface area contributed by atoms with Gasteiger partial charge in [-0.3, -0.25) is 14.5 Å². The lowest BCUT2D eigenvalue weighted by molar-refractivity contribution is -0.123. The topological polar surface area (TPSA) is 43.9 Å². The summed E-state index contributed by atoms with van der Waals surface area (Å²) in [5.41, 5.74) is 0.812. The third-order valence-electron chi connectivity index (χ3n) is 5.23. The highest BCUT2D eigenvalue weighted by Gasteiger charge is 2.43. The van der Waals surface area contributed by atoms with Crippen LogP contribution in [0.25, 0.3) is 0 Å². The van der Waals surface area contributed by atoms with Crippen molar-refractivity contribution in [3.63, 3.8) is 0 Å². The molecule has 2 aliphatic rings. The van der Waals surface area contributed by atoms with Crippen LogP contribution in [0.4, 0.5) is 20.2 Å². The van der Waals surface area contributed by atoms with E-state index in [1.54, 1.807) is 18.2 Å². The van der Waals surface area contributed by atoms with Gasteiger partial charge in [0.2, 0.25) is 5.91 Å². The maximum Gasteiger partial charge on any atom is 0.251 e. The van der Waals surface area contributed by atoms with E-state index in [9.17, 15) is 18.4 Å². The highest BCUT2D eigenvalue weighted by Crippen LogP contribution is 2.30. The Morgan fingerprint density at radius 2 is 1.64 bits per heavy atom. The van der Waals surface area contributed by atoms with E-state index in [1.807, 2.05) is 9.80 Å². The van der Waals surface area contributed by atoms with Crippen LogP contribution in [0.3, 0.4) is 0 Å². The van der Waals surface area contributed by atoms with Crippen LogP contribution in [0.15, 0.2) is 42.5 Å². The summed E-state index contributed by atoms with van der Waals surface area (Å²) in [5, 5.41) is -0.139. The molecule has 2 amide bonds. The standard InChI is InChI=1S/C20H18ClF2N3O2/c21-14-11-13(5-6-15(14)22)26-19(27)12-18(20(26)28)25-9-7-24(8-10-25)17-4-2-1-3-16(17)23/h1-6,11,18H,7-10,12H2/t18-/m1/s1. The lowest BCUT2D eigenvalue weighted by Crippen LogP contribution is -2.52. The van der Waals surface area contributed by atoms with Crippen LogP contribution < -0.4 is 9.80 Å². The quantitative estimate of drug-likeness (QED) is 0.736. The van der Waals surface area contributed by atoms with Gasteiger partial charge in [0, 0.05) is 26.2 Å². The SMILES string of the molecule is O=C1C[C@@H](N2CCN(c3ccccc3F)CC2)C(=O)N1c1ccc(F)c(Cl)c1. The van der Waals surface area contributed by atoms with Gasteiger partial charge in [-0.25, -0.2) is 13.7 Å². The van der Waals surface area contributed by atoms with Crippen LogP contribution in [0.1, 0.15) is 6.42 Å². The van der Waals surface area contributed by atoms with Crippen LogP contribution in [0.5, 0.6) is 0 Å². The second-order valence-electron chi connectivity index (χ2n) is 6.86. The van der Waals surface area contributed by atoms with Gasteiger partial charge >= 0.3 is 0 Å². The maximum absolute atomic E-state index is 14.0. The molecular formula is C20H18ClF2N3O2. The summed E-state index contributed by atoms with van der Waals surface area (Å²) >= 11 is 5.79. The number of para-hydroxylation sites is 1. The first kappa shape index (κ1) is 18.8. The number of benzene rings is 2. The van der Waals surface area contributed by atoms with Gasteiger partial charge in [0.25, 0.3) is 5.91 Å². The minimum atomic E-state index is -0.606. The fraction of sp³-hybridized carbons (Fsp3) is 0.300. The number of rotatable bonds is 3. The summed E-state index contributed by atoms with van der Waals surface area (Å²) in [6.07, 6.45) is 0.0630. The molecule has 0 saturated carbocycles. The van der Waals surface area contributed by atoms with Gasteiger partial charge in [-0.05, 0) is 30.3 Å². The van der Waals surface area contributed by atoms with Crippen molar-refractivity contribution in [1.29, 1.82) is 0 Å². The monoisotopic (exact) mass is 405 g/mol. The number of carbonyl (C=O) groups is 2. The number of anilines is 2. The molecule has 5 nitrogen and oxygen atoms in total. The minimum absolute atomic E-state index is 0.0630. The van der Waals surface area contributed by atoms with Gasteiger partial charge in [-0.2, -0.15) is 0 Å². The maximum atomic E-state index is 14.0. The summed E-state index contributed by atoms with van der Waals surface area (Å²) in [6.45, 7) is 2.19. The molecule has 0 spiro atoms. The van der Waals surface area contributed by atoms with E-state index >= 15 is 0 Å². The van der Waals surface area contributed by atoms with Gasteiger partial charge in [0.15, 0.2) is 0 Å². The van der Waals surface area contributed by atoms with Crippen molar-refractivity contribution in [1.82, 2.24) is 4.90 Å². The molecule has 0 bridgehead atoms. The van der Waals surface area contributed by atoms with Crippen molar-refractivity contribution >= 4 is 34.8 Å². The molecule has 8 heteroatoms. The average molecular weight is 406 g/mol. The Kier molecular flexibility index (Phi) is 5.03. The fourth-order valence-corrected chi connectivity index (χ4v) is 3.95. The molecular weight excluding hydrogens is 388 g/mol. The lowest BCUT2D eigenvalue weighted by Gasteiger charge is -2.38. The second-order valence-corrected chi connectivity index (χ2v) is 7.27. The highest BCUT2D eigenvalue weighted by atomic mass is 35.5. The number of amides is 2. The zero-order valence-corrected chi connectivity index (χ0v) is 15.7. The predicted molar refractivity (Wildman–Crippen MR) is 102 cm³/mol. The summed E-state index contributed by atoms with van der Waals surface area (Å²) in [7, 11) is 0. The Bertz CT molecular complexity index is 931. The van der Waals surface area contributed by atoms with E-state index in [0.717, 1.165) is 11.0 Å². The molecule has 0 N–H and O–H groups in total. The van der Waals surface area contributed by atoms with Gasteiger partial charge in [0.1, 0.15) is 11.6 Å². The largest absolute Gasteiger partial charge is 0.367 e.